The lowest BCUT2D eigenvalue weighted by atomic mass is 9.81. The lowest BCUT2D eigenvalue weighted by Crippen LogP contribution is -2.22. The van der Waals surface area contributed by atoms with Crippen molar-refractivity contribution < 1.29 is 4.74 Å². The van der Waals surface area contributed by atoms with Crippen LogP contribution in [-0.4, -0.2) is 12.4 Å². The molecule has 1 aliphatic rings. The van der Waals surface area contributed by atoms with Crippen LogP contribution in [0.25, 0.3) is 0 Å². The van der Waals surface area contributed by atoms with E-state index in [2.05, 4.69) is 19.9 Å². The Labute approximate surface area is 114 Å². The standard InChI is InChI=1S/C15H23NOS/c1-10-4-6-13(8-11(10)2)18-15-9-12(17-3)5-7-14(15)16/h5,7,9-11,13H,4,6,8,16H2,1-3H3. The maximum atomic E-state index is 6.05. The van der Waals surface area contributed by atoms with Gasteiger partial charge >= 0.3 is 0 Å². The smallest absolute Gasteiger partial charge is 0.120 e. The largest absolute Gasteiger partial charge is 0.497 e. The highest BCUT2D eigenvalue weighted by Crippen LogP contribution is 2.41. The summed E-state index contributed by atoms with van der Waals surface area (Å²) in [4.78, 5) is 1.17. The topological polar surface area (TPSA) is 35.2 Å². The molecule has 1 fully saturated rings. The van der Waals surface area contributed by atoms with Gasteiger partial charge in [0.2, 0.25) is 0 Å². The molecule has 0 bridgehead atoms. The third-order valence-corrected chi connectivity index (χ3v) is 5.43. The van der Waals surface area contributed by atoms with Crippen molar-refractivity contribution in [1.82, 2.24) is 0 Å². The molecule has 0 aromatic heterocycles. The minimum Gasteiger partial charge on any atom is -0.497 e. The number of methoxy groups -OCH3 is 1. The van der Waals surface area contributed by atoms with Crippen LogP contribution in [0.3, 0.4) is 0 Å². The van der Waals surface area contributed by atoms with E-state index in [1.807, 2.05) is 23.9 Å². The molecule has 0 saturated heterocycles. The van der Waals surface area contributed by atoms with E-state index >= 15 is 0 Å². The summed E-state index contributed by atoms with van der Waals surface area (Å²) in [5.41, 5.74) is 6.91. The van der Waals surface area contributed by atoms with Crippen molar-refractivity contribution in [2.75, 3.05) is 12.8 Å². The normalized spacial score (nSPS) is 28.1. The van der Waals surface area contributed by atoms with E-state index < -0.39 is 0 Å². The number of rotatable bonds is 3. The molecule has 2 rings (SSSR count). The fourth-order valence-corrected chi connectivity index (χ4v) is 3.93. The zero-order valence-electron chi connectivity index (χ0n) is 11.5. The Morgan fingerprint density at radius 2 is 2.00 bits per heavy atom. The van der Waals surface area contributed by atoms with Gasteiger partial charge in [-0.3, -0.25) is 0 Å². The van der Waals surface area contributed by atoms with Gasteiger partial charge < -0.3 is 10.5 Å². The highest BCUT2D eigenvalue weighted by atomic mass is 32.2. The van der Waals surface area contributed by atoms with Crippen LogP contribution in [0, 0.1) is 11.8 Å². The van der Waals surface area contributed by atoms with Gasteiger partial charge in [0.15, 0.2) is 0 Å². The van der Waals surface area contributed by atoms with Crippen LogP contribution in [-0.2, 0) is 0 Å². The van der Waals surface area contributed by atoms with E-state index in [-0.39, 0.29) is 0 Å². The van der Waals surface area contributed by atoms with Crippen molar-refractivity contribution >= 4 is 17.4 Å². The zero-order valence-corrected chi connectivity index (χ0v) is 12.3. The van der Waals surface area contributed by atoms with Crippen LogP contribution in [0.1, 0.15) is 33.1 Å². The summed E-state index contributed by atoms with van der Waals surface area (Å²) in [6, 6.07) is 5.92. The highest BCUT2D eigenvalue weighted by Gasteiger charge is 2.25. The molecule has 100 valence electrons. The van der Waals surface area contributed by atoms with Crippen molar-refractivity contribution in [1.29, 1.82) is 0 Å². The fraction of sp³-hybridized carbons (Fsp3) is 0.600. The predicted molar refractivity (Wildman–Crippen MR) is 79.2 cm³/mol. The number of ether oxygens (including phenoxy) is 1. The molecule has 0 spiro atoms. The second-order valence-electron chi connectivity index (χ2n) is 5.41. The summed E-state index contributed by atoms with van der Waals surface area (Å²) in [7, 11) is 1.70. The van der Waals surface area contributed by atoms with Crippen molar-refractivity contribution in [3.05, 3.63) is 18.2 Å². The van der Waals surface area contributed by atoms with E-state index in [0.29, 0.717) is 5.25 Å². The Hall–Kier alpha value is -0.830. The summed E-state index contributed by atoms with van der Waals surface area (Å²) in [6.07, 6.45) is 3.93. The predicted octanol–water partition coefficient (Wildman–Crippen LogP) is 4.19. The van der Waals surface area contributed by atoms with Crippen LogP contribution in [0.15, 0.2) is 23.1 Å². The van der Waals surface area contributed by atoms with Crippen LogP contribution in [0.2, 0.25) is 0 Å². The Balaban J connectivity index is 2.05. The first-order valence-corrected chi connectivity index (χ1v) is 7.58. The SMILES string of the molecule is COc1ccc(N)c(SC2CCC(C)C(C)C2)c1. The van der Waals surface area contributed by atoms with E-state index in [1.165, 1.54) is 24.2 Å². The molecule has 3 heteroatoms. The molecule has 0 amide bonds. The lowest BCUT2D eigenvalue weighted by Gasteiger charge is -2.31. The number of anilines is 1. The van der Waals surface area contributed by atoms with E-state index in [9.17, 15) is 0 Å². The van der Waals surface area contributed by atoms with Gasteiger partial charge in [0.1, 0.15) is 5.75 Å². The number of nitrogen functional groups attached to an aromatic ring is 1. The lowest BCUT2D eigenvalue weighted by molar-refractivity contribution is 0.283. The first-order chi connectivity index (χ1) is 8.60. The van der Waals surface area contributed by atoms with Crippen LogP contribution in [0.5, 0.6) is 5.75 Å². The molecular weight excluding hydrogens is 242 g/mol. The number of hydrogen-bond donors (Lipinski definition) is 1. The van der Waals surface area contributed by atoms with Gasteiger partial charge in [0, 0.05) is 15.8 Å². The van der Waals surface area contributed by atoms with Gasteiger partial charge in [-0.2, -0.15) is 0 Å². The summed E-state index contributed by atoms with van der Waals surface area (Å²) in [5.74, 6) is 2.58. The fourth-order valence-electron chi connectivity index (χ4n) is 2.53. The van der Waals surface area contributed by atoms with E-state index in [1.54, 1.807) is 7.11 Å². The summed E-state index contributed by atoms with van der Waals surface area (Å²) >= 11 is 1.92. The quantitative estimate of drug-likeness (QED) is 0.832. The Morgan fingerprint density at radius 1 is 1.22 bits per heavy atom. The van der Waals surface area contributed by atoms with Crippen molar-refractivity contribution in [3.63, 3.8) is 0 Å². The minimum absolute atomic E-state index is 0.700. The second-order valence-corrected chi connectivity index (χ2v) is 6.75. The van der Waals surface area contributed by atoms with Gasteiger partial charge in [-0.25, -0.2) is 0 Å². The van der Waals surface area contributed by atoms with Crippen LogP contribution < -0.4 is 10.5 Å². The average Bonchev–Trinajstić information content (AvgIpc) is 2.36. The minimum atomic E-state index is 0.700. The van der Waals surface area contributed by atoms with Gasteiger partial charge in [-0.15, -0.1) is 11.8 Å². The van der Waals surface area contributed by atoms with Gasteiger partial charge in [0.25, 0.3) is 0 Å². The van der Waals surface area contributed by atoms with Crippen molar-refractivity contribution in [2.24, 2.45) is 11.8 Å². The average molecular weight is 265 g/mol. The number of nitrogens with two attached hydrogens (primary N) is 1. The first kappa shape index (κ1) is 13.6. The maximum Gasteiger partial charge on any atom is 0.120 e. The molecule has 0 heterocycles. The van der Waals surface area contributed by atoms with Gasteiger partial charge in [0.05, 0.1) is 7.11 Å². The molecule has 2 nitrogen and oxygen atoms in total. The molecule has 1 aromatic carbocycles. The maximum absolute atomic E-state index is 6.05. The number of hydrogen-bond acceptors (Lipinski definition) is 3. The van der Waals surface area contributed by atoms with Gasteiger partial charge in [-0.05, 0) is 49.3 Å². The van der Waals surface area contributed by atoms with E-state index in [4.69, 9.17) is 10.5 Å². The Bertz CT molecular complexity index is 407. The highest BCUT2D eigenvalue weighted by molar-refractivity contribution is 8.00. The van der Waals surface area contributed by atoms with Gasteiger partial charge in [-0.1, -0.05) is 13.8 Å². The van der Waals surface area contributed by atoms with E-state index in [0.717, 1.165) is 23.3 Å². The molecule has 1 aromatic rings. The first-order valence-electron chi connectivity index (χ1n) is 6.70. The molecule has 3 unspecified atom stereocenters. The third-order valence-electron chi connectivity index (χ3n) is 4.06. The molecule has 0 radical (unpaired) electrons. The third kappa shape index (κ3) is 3.14. The Morgan fingerprint density at radius 3 is 2.67 bits per heavy atom. The van der Waals surface area contributed by atoms with Crippen molar-refractivity contribution in [3.8, 4) is 5.75 Å². The molecule has 3 atom stereocenters. The molecule has 0 aliphatic heterocycles. The number of benzene rings is 1. The summed E-state index contributed by atoms with van der Waals surface area (Å²) < 4.78 is 5.27. The monoisotopic (exact) mass is 265 g/mol. The molecule has 1 aliphatic carbocycles. The summed E-state index contributed by atoms with van der Waals surface area (Å²) in [5, 5.41) is 0.700. The zero-order chi connectivity index (χ0) is 13.1. The Kier molecular flexibility index (Phi) is 4.44. The molecule has 2 N–H and O–H groups in total. The molecule has 1 saturated carbocycles. The van der Waals surface area contributed by atoms with Crippen molar-refractivity contribution in [2.45, 2.75) is 43.3 Å². The number of thioether (sulfide) groups is 1. The molecular formula is C15H23NOS. The van der Waals surface area contributed by atoms with Crippen LogP contribution in [0.4, 0.5) is 5.69 Å². The second kappa shape index (κ2) is 5.87. The molecule has 18 heavy (non-hydrogen) atoms. The summed E-state index contributed by atoms with van der Waals surface area (Å²) in [6.45, 7) is 4.73. The van der Waals surface area contributed by atoms with Crippen LogP contribution >= 0.6 is 11.8 Å².